The van der Waals surface area contributed by atoms with E-state index in [1.165, 1.54) is 0 Å². The van der Waals surface area contributed by atoms with Crippen LogP contribution < -0.4 is 5.73 Å². The molecule has 1 fully saturated rings. The van der Waals surface area contributed by atoms with Gasteiger partial charge in [-0.3, -0.25) is 9.59 Å². The molecule has 1 rings (SSSR count). The Kier molecular flexibility index (Phi) is 3.85. The minimum atomic E-state index is -0.284. The van der Waals surface area contributed by atoms with Crippen LogP contribution >= 0.6 is 0 Å². The third-order valence-corrected chi connectivity index (χ3v) is 2.86. The summed E-state index contributed by atoms with van der Waals surface area (Å²) in [5.41, 5.74) is 5.83. The Bertz CT molecular complexity index is 263. The van der Waals surface area contributed by atoms with Gasteiger partial charge in [-0.2, -0.15) is 0 Å². The van der Waals surface area contributed by atoms with E-state index < -0.39 is 0 Å². The van der Waals surface area contributed by atoms with E-state index in [-0.39, 0.29) is 35.7 Å². The van der Waals surface area contributed by atoms with Crippen LogP contribution in [0.25, 0.3) is 0 Å². The summed E-state index contributed by atoms with van der Waals surface area (Å²) in [5.74, 6) is -0.285. The molecule has 0 heterocycles. The van der Waals surface area contributed by atoms with Crippen LogP contribution in [-0.2, 0) is 14.3 Å². The second-order valence-corrected chi connectivity index (χ2v) is 4.57. The van der Waals surface area contributed by atoms with Gasteiger partial charge in [0.15, 0.2) is 0 Å². The lowest BCUT2D eigenvalue weighted by molar-refractivity contribution is -0.153. The molecule has 2 N–H and O–H groups in total. The highest BCUT2D eigenvalue weighted by Gasteiger charge is 2.36. The van der Waals surface area contributed by atoms with Gasteiger partial charge in [0.2, 0.25) is 0 Å². The Labute approximate surface area is 90.2 Å². The van der Waals surface area contributed by atoms with Crippen molar-refractivity contribution in [2.24, 2.45) is 17.6 Å². The van der Waals surface area contributed by atoms with Gasteiger partial charge in [0.25, 0.3) is 0 Å². The molecule has 1 aliphatic carbocycles. The topological polar surface area (TPSA) is 69.4 Å². The highest BCUT2D eigenvalue weighted by Crippen LogP contribution is 2.28. The van der Waals surface area contributed by atoms with Gasteiger partial charge >= 0.3 is 5.97 Å². The van der Waals surface area contributed by atoms with Crippen LogP contribution in [0, 0.1) is 11.8 Å². The summed E-state index contributed by atoms with van der Waals surface area (Å²) >= 11 is 0. The average Bonchev–Trinajstić information content (AvgIpc) is 2.47. The Morgan fingerprint density at radius 3 is 2.33 bits per heavy atom. The van der Waals surface area contributed by atoms with Crippen molar-refractivity contribution in [3.8, 4) is 0 Å². The molecule has 0 aromatic carbocycles. The zero-order chi connectivity index (χ0) is 11.6. The van der Waals surface area contributed by atoms with E-state index in [4.69, 9.17) is 10.5 Å². The maximum Gasteiger partial charge on any atom is 0.308 e. The quantitative estimate of drug-likeness (QED) is 0.706. The van der Waals surface area contributed by atoms with E-state index in [1.54, 1.807) is 20.8 Å². The zero-order valence-electron chi connectivity index (χ0n) is 9.53. The highest BCUT2D eigenvalue weighted by atomic mass is 16.5. The number of nitrogens with two attached hydrogens (primary N) is 1. The fourth-order valence-electron chi connectivity index (χ4n) is 1.78. The standard InChI is InChI=1S/C11H19NO3/c1-6(2)11(14)15-10-5-8(7(3)13)4-9(10)12/h6,8-10H,4-5,12H2,1-3H3/t8-,9-,10-/m0/s1. The number of ether oxygens (including phenoxy) is 1. The molecule has 0 aliphatic heterocycles. The normalized spacial score (nSPS) is 30.6. The molecule has 0 aromatic heterocycles. The smallest absolute Gasteiger partial charge is 0.308 e. The summed E-state index contributed by atoms with van der Waals surface area (Å²) in [6, 6.07) is -0.193. The molecule has 1 aliphatic rings. The third kappa shape index (κ3) is 3.02. The van der Waals surface area contributed by atoms with E-state index in [2.05, 4.69) is 0 Å². The first-order chi connectivity index (χ1) is 6.91. The van der Waals surface area contributed by atoms with Gasteiger partial charge in [0.05, 0.1) is 5.92 Å². The van der Waals surface area contributed by atoms with Crippen molar-refractivity contribution in [2.45, 2.75) is 45.8 Å². The van der Waals surface area contributed by atoms with Gasteiger partial charge in [0, 0.05) is 12.0 Å². The van der Waals surface area contributed by atoms with Crippen LogP contribution in [-0.4, -0.2) is 23.9 Å². The van der Waals surface area contributed by atoms with Crippen LogP contribution in [0.2, 0.25) is 0 Å². The molecule has 0 spiro atoms. The molecular formula is C11H19NO3. The monoisotopic (exact) mass is 213 g/mol. The van der Waals surface area contributed by atoms with E-state index in [0.29, 0.717) is 12.8 Å². The van der Waals surface area contributed by atoms with Crippen LogP contribution in [0.3, 0.4) is 0 Å². The number of Topliss-reactive ketones (excluding diaryl/α,β-unsaturated/α-hetero) is 1. The summed E-state index contributed by atoms with van der Waals surface area (Å²) in [5, 5.41) is 0. The van der Waals surface area contributed by atoms with Crippen molar-refractivity contribution in [3.63, 3.8) is 0 Å². The molecule has 0 radical (unpaired) electrons. The van der Waals surface area contributed by atoms with Crippen molar-refractivity contribution in [1.82, 2.24) is 0 Å². The molecule has 86 valence electrons. The highest BCUT2D eigenvalue weighted by molar-refractivity contribution is 5.79. The van der Waals surface area contributed by atoms with Crippen LogP contribution in [0.5, 0.6) is 0 Å². The number of hydrogen-bond donors (Lipinski definition) is 1. The fourth-order valence-corrected chi connectivity index (χ4v) is 1.78. The van der Waals surface area contributed by atoms with Crippen LogP contribution in [0.1, 0.15) is 33.6 Å². The van der Waals surface area contributed by atoms with Gasteiger partial charge in [0.1, 0.15) is 11.9 Å². The fraction of sp³-hybridized carbons (Fsp3) is 0.818. The maximum atomic E-state index is 11.4. The minimum Gasteiger partial charge on any atom is -0.460 e. The van der Waals surface area contributed by atoms with Crippen molar-refractivity contribution < 1.29 is 14.3 Å². The predicted octanol–water partition coefficient (Wildman–Crippen LogP) is 0.880. The average molecular weight is 213 g/mol. The second-order valence-electron chi connectivity index (χ2n) is 4.57. The van der Waals surface area contributed by atoms with Gasteiger partial charge in [-0.25, -0.2) is 0 Å². The van der Waals surface area contributed by atoms with Crippen LogP contribution in [0.15, 0.2) is 0 Å². The Morgan fingerprint density at radius 2 is 1.93 bits per heavy atom. The lowest BCUT2D eigenvalue weighted by Crippen LogP contribution is -2.34. The first kappa shape index (κ1) is 12.2. The Balaban J connectivity index is 2.51. The molecule has 15 heavy (non-hydrogen) atoms. The number of carbonyl (C=O) groups is 2. The molecule has 3 atom stereocenters. The molecular weight excluding hydrogens is 194 g/mol. The molecule has 0 aromatic rings. The Hall–Kier alpha value is -0.900. The molecule has 0 unspecified atom stereocenters. The van der Waals surface area contributed by atoms with Crippen molar-refractivity contribution >= 4 is 11.8 Å². The van der Waals surface area contributed by atoms with Crippen molar-refractivity contribution in [2.75, 3.05) is 0 Å². The lowest BCUT2D eigenvalue weighted by atomic mass is 10.0. The summed E-state index contributed by atoms with van der Waals surface area (Å²) in [4.78, 5) is 22.5. The Morgan fingerprint density at radius 1 is 1.33 bits per heavy atom. The molecule has 1 saturated carbocycles. The van der Waals surface area contributed by atoms with E-state index >= 15 is 0 Å². The largest absolute Gasteiger partial charge is 0.460 e. The molecule has 4 heteroatoms. The van der Waals surface area contributed by atoms with E-state index in [9.17, 15) is 9.59 Å². The first-order valence-corrected chi connectivity index (χ1v) is 5.38. The summed E-state index contributed by atoms with van der Waals surface area (Å²) < 4.78 is 5.25. The maximum absolute atomic E-state index is 11.4. The zero-order valence-corrected chi connectivity index (χ0v) is 9.53. The molecule has 0 bridgehead atoms. The first-order valence-electron chi connectivity index (χ1n) is 5.38. The number of hydrogen-bond acceptors (Lipinski definition) is 4. The van der Waals surface area contributed by atoms with Crippen molar-refractivity contribution in [1.29, 1.82) is 0 Å². The van der Waals surface area contributed by atoms with E-state index in [1.807, 2.05) is 0 Å². The summed E-state index contributed by atoms with van der Waals surface area (Å²) in [7, 11) is 0. The second kappa shape index (κ2) is 4.75. The lowest BCUT2D eigenvalue weighted by Gasteiger charge is -2.17. The van der Waals surface area contributed by atoms with Crippen LogP contribution in [0.4, 0.5) is 0 Å². The van der Waals surface area contributed by atoms with Gasteiger partial charge in [-0.05, 0) is 19.8 Å². The molecule has 0 saturated heterocycles. The number of rotatable bonds is 3. The van der Waals surface area contributed by atoms with Crippen molar-refractivity contribution in [3.05, 3.63) is 0 Å². The summed E-state index contributed by atoms with van der Waals surface area (Å²) in [6.07, 6.45) is 0.925. The van der Waals surface area contributed by atoms with Gasteiger partial charge in [-0.1, -0.05) is 13.8 Å². The molecule has 4 nitrogen and oxygen atoms in total. The van der Waals surface area contributed by atoms with Gasteiger partial charge < -0.3 is 10.5 Å². The van der Waals surface area contributed by atoms with E-state index in [0.717, 1.165) is 0 Å². The number of esters is 1. The predicted molar refractivity (Wildman–Crippen MR) is 56.1 cm³/mol. The third-order valence-electron chi connectivity index (χ3n) is 2.86. The number of ketones is 1. The summed E-state index contributed by atoms with van der Waals surface area (Å²) in [6.45, 7) is 5.13. The minimum absolute atomic E-state index is 0.0371. The number of carbonyl (C=O) groups excluding carboxylic acids is 2. The SMILES string of the molecule is CC(=O)[C@@H]1C[C@H](OC(=O)C(C)C)[C@@H](N)C1. The molecule has 0 amide bonds. The van der Waals surface area contributed by atoms with Gasteiger partial charge in [-0.15, -0.1) is 0 Å².